The molecule has 0 N–H and O–H groups in total. The van der Waals surface area contributed by atoms with E-state index in [2.05, 4.69) is 31.0 Å². The van der Waals surface area contributed by atoms with Gasteiger partial charge in [-0.3, -0.25) is 9.36 Å². The Morgan fingerprint density at radius 1 is 1.26 bits per heavy atom. The highest BCUT2D eigenvalue weighted by atomic mass is 79.9. The molecule has 0 spiro atoms. The zero-order valence-corrected chi connectivity index (χ0v) is 13.7. The van der Waals surface area contributed by atoms with E-state index in [1.165, 1.54) is 0 Å². The SMILES string of the molecule is O=C(c1ncn2c1Cn1ncnc1-c1cc(Br)ccc1-2)C1CC1. The normalized spacial score (nSPS) is 15.5. The van der Waals surface area contributed by atoms with Crippen molar-refractivity contribution in [3.05, 3.63) is 46.7 Å². The number of ketones is 1. The Labute approximate surface area is 140 Å². The number of carbonyl (C=O) groups is 1. The highest BCUT2D eigenvalue weighted by Crippen LogP contribution is 2.36. The summed E-state index contributed by atoms with van der Waals surface area (Å²) < 4.78 is 4.80. The predicted octanol–water partition coefficient (Wildman–Crippen LogP) is 2.85. The summed E-state index contributed by atoms with van der Waals surface area (Å²) in [7, 11) is 0. The molecule has 5 rings (SSSR count). The summed E-state index contributed by atoms with van der Waals surface area (Å²) in [6.45, 7) is 0.495. The van der Waals surface area contributed by atoms with Crippen molar-refractivity contribution in [3.8, 4) is 17.1 Å². The molecule has 0 bridgehead atoms. The predicted molar refractivity (Wildman–Crippen MR) is 86.4 cm³/mol. The minimum Gasteiger partial charge on any atom is -0.300 e. The van der Waals surface area contributed by atoms with E-state index in [9.17, 15) is 4.79 Å². The van der Waals surface area contributed by atoms with Crippen LogP contribution in [0.1, 0.15) is 29.0 Å². The number of aromatic nitrogens is 5. The van der Waals surface area contributed by atoms with Gasteiger partial charge in [-0.15, -0.1) is 0 Å². The molecule has 0 atom stereocenters. The zero-order chi connectivity index (χ0) is 15.6. The maximum Gasteiger partial charge on any atom is 0.186 e. The standard InChI is InChI=1S/C16H12BrN5O/c17-10-3-4-12-11(5-10)16-18-7-20-22(16)6-13-14(19-8-21(12)13)15(23)9-1-2-9/h3-5,7-9H,1-2,6H2. The van der Waals surface area contributed by atoms with Crippen molar-refractivity contribution in [1.29, 1.82) is 0 Å². The van der Waals surface area contributed by atoms with E-state index < -0.39 is 0 Å². The molecule has 7 heteroatoms. The first-order chi connectivity index (χ1) is 11.2. The summed E-state index contributed by atoms with van der Waals surface area (Å²) in [6, 6.07) is 6.02. The van der Waals surface area contributed by atoms with Crippen molar-refractivity contribution in [3.63, 3.8) is 0 Å². The summed E-state index contributed by atoms with van der Waals surface area (Å²) >= 11 is 3.52. The molecule has 0 unspecified atom stereocenters. The van der Waals surface area contributed by atoms with E-state index in [1.807, 2.05) is 27.4 Å². The second kappa shape index (κ2) is 4.61. The summed E-state index contributed by atoms with van der Waals surface area (Å²) in [6.07, 6.45) is 5.24. The third kappa shape index (κ3) is 1.92. The van der Waals surface area contributed by atoms with E-state index in [-0.39, 0.29) is 11.7 Å². The van der Waals surface area contributed by atoms with Gasteiger partial charge in [0, 0.05) is 16.0 Å². The first kappa shape index (κ1) is 13.2. The van der Waals surface area contributed by atoms with E-state index in [0.717, 1.165) is 40.1 Å². The minimum atomic E-state index is 0.150. The summed E-state index contributed by atoms with van der Waals surface area (Å²) in [5, 5.41) is 4.32. The number of nitrogens with zero attached hydrogens (tertiary/aromatic N) is 5. The molecular weight excluding hydrogens is 358 g/mol. The second-order valence-electron chi connectivity index (χ2n) is 5.95. The molecule has 2 aromatic heterocycles. The average Bonchev–Trinajstić information content (AvgIpc) is 3.20. The molecule has 1 saturated carbocycles. The van der Waals surface area contributed by atoms with E-state index in [1.54, 1.807) is 12.7 Å². The smallest absolute Gasteiger partial charge is 0.186 e. The van der Waals surface area contributed by atoms with Crippen molar-refractivity contribution in [2.24, 2.45) is 5.92 Å². The van der Waals surface area contributed by atoms with Gasteiger partial charge in [-0.05, 0) is 31.0 Å². The van der Waals surface area contributed by atoms with Crippen molar-refractivity contribution in [2.45, 2.75) is 19.4 Å². The highest BCUT2D eigenvalue weighted by Gasteiger charge is 2.35. The van der Waals surface area contributed by atoms with Gasteiger partial charge in [-0.2, -0.15) is 5.10 Å². The Bertz CT molecular complexity index is 953. The van der Waals surface area contributed by atoms with Gasteiger partial charge in [-0.1, -0.05) is 15.9 Å². The van der Waals surface area contributed by atoms with Crippen LogP contribution >= 0.6 is 15.9 Å². The number of benzene rings is 1. The Morgan fingerprint density at radius 2 is 2.13 bits per heavy atom. The molecule has 0 radical (unpaired) electrons. The van der Waals surface area contributed by atoms with Gasteiger partial charge in [0.25, 0.3) is 0 Å². The van der Waals surface area contributed by atoms with E-state index in [4.69, 9.17) is 0 Å². The molecule has 1 aliphatic heterocycles. The van der Waals surface area contributed by atoms with E-state index in [0.29, 0.717) is 12.2 Å². The van der Waals surface area contributed by atoms with Crippen LogP contribution in [0.5, 0.6) is 0 Å². The number of hydrogen-bond donors (Lipinski definition) is 0. The van der Waals surface area contributed by atoms with Crippen LogP contribution in [-0.2, 0) is 6.54 Å². The van der Waals surface area contributed by atoms with Crippen LogP contribution in [0.3, 0.4) is 0 Å². The largest absolute Gasteiger partial charge is 0.300 e. The summed E-state index contributed by atoms with van der Waals surface area (Å²) in [5.41, 5.74) is 3.40. The van der Waals surface area contributed by atoms with Gasteiger partial charge in [0.05, 0.1) is 17.9 Å². The second-order valence-corrected chi connectivity index (χ2v) is 6.87. The van der Waals surface area contributed by atoms with Crippen molar-refractivity contribution < 1.29 is 4.79 Å². The topological polar surface area (TPSA) is 65.6 Å². The number of hydrogen-bond acceptors (Lipinski definition) is 4. The van der Waals surface area contributed by atoms with Gasteiger partial charge in [0.2, 0.25) is 0 Å². The molecule has 3 aromatic rings. The number of fused-ring (bicyclic) bond motifs is 5. The van der Waals surface area contributed by atoms with Crippen molar-refractivity contribution in [2.75, 3.05) is 0 Å². The quantitative estimate of drug-likeness (QED) is 0.509. The summed E-state index contributed by atoms with van der Waals surface area (Å²) in [5.74, 6) is 1.10. The van der Waals surface area contributed by atoms with Crippen LogP contribution in [0.2, 0.25) is 0 Å². The fraction of sp³-hybridized carbons (Fsp3) is 0.250. The molecule has 1 aromatic carbocycles. The first-order valence-corrected chi connectivity index (χ1v) is 8.30. The number of Topliss-reactive ketones (excluding diaryl/α,β-unsaturated/α-hetero) is 1. The lowest BCUT2D eigenvalue weighted by Crippen LogP contribution is -2.11. The number of halogens is 1. The molecule has 2 aliphatic rings. The lowest BCUT2D eigenvalue weighted by molar-refractivity contribution is 0.0962. The fourth-order valence-electron chi connectivity index (χ4n) is 3.10. The Kier molecular flexibility index (Phi) is 2.64. The molecule has 23 heavy (non-hydrogen) atoms. The average molecular weight is 370 g/mol. The van der Waals surface area contributed by atoms with Crippen molar-refractivity contribution >= 4 is 21.7 Å². The van der Waals surface area contributed by atoms with Gasteiger partial charge < -0.3 is 0 Å². The molecule has 0 amide bonds. The van der Waals surface area contributed by atoms with Crippen LogP contribution in [0.15, 0.2) is 35.3 Å². The van der Waals surface area contributed by atoms with Crippen LogP contribution in [0.25, 0.3) is 17.1 Å². The maximum absolute atomic E-state index is 12.5. The number of carbonyl (C=O) groups excluding carboxylic acids is 1. The highest BCUT2D eigenvalue weighted by molar-refractivity contribution is 9.10. The minimum absolute atomic E-state index is 0.150. The maximum atomic E-state index is 12.5. The molecule has 114 valence electrons. The number of imidazole rings is 1. The third-order valence-corrected chi connectivity index (χ3v) is 4.92. The first-order valence-electron chi connectivity index (χ1n) is 7.51. The molecule has 3 heterocycles. The Hall–Kier alpha value is -2.28. The lowest BCUT2D eigenvalue weighted by atomic mass is 10.1. The van der Waals surface area contributed by atoms with Crippen LogP contribution < -0.4 is 0 Å². The molecule has 1 fully saturated rings. The molecule has 0 saturated heterocycles. The Balaban J connectivity index is 1.78. The lowest BCUT2D eigenvalue weighted by Gasteiger charge is -2.08. The third-order valence-electron chi connectivity index (χ3n) is 4.42. The zero-order valence-electron chi connectivity index (χ0n) is 12.1. The Morgan fingerprint density at radius 3 is 2.96 bits per heavy atom. The van der Waals surface area contributed by atoms with Gasteiger partial charge in [0.1, 0.15) is 18.3 Å². The van der Waals surface area contributed by atoms with Crippen LogP contribution in [-0.4, -0.2) is 30.1 Å². The van der Waals surface area contributed by atoms with Crippen molar-refractivity contribution in [1.82, 2.24) is 24.3 Å². The fourth-order valence-corrected chi connectivity index (χ4v) is 3.47. The summed E-state index contributed by atoms with van der Waals surface area (Å²) in [4.78, 5) is 21.4. The number of rotatable bonds is 2. The van der Waals surface area contributed by atoms with Gasteiger partial charge in [0.15, 0.2) is 11.6 Å². The van der Waals surface area contributed by atoms with Crippen LogP contribution in [0.4, 0.5) is 0 Å². The van der Waals surface area contributed by atoms with E-state index >= 15 is 0 Å². The monoisotopic (exact) mass is 369 g/mol. The van der Waals surface area contributed by atoms with Crippen LogP contribution in [0, 0.1) is 5.92 Å². The molecule has 1 aliphatic carbocycles. The van der Waals surface area contributed by atoms with Gasteiger partial charge >= 0.3 is 0 Å². The molecular formula is C16H12BrN5O. The molecule has 6 nitrogen and oxygen atoms in total. The van der Waals surface area contributed by atoms with Gasteiger partial charge in [-0.25, -0.2) is 14.6 Å².